The highest BCUT2D eigenvalue weighted by Crippen LogP contribution is 2.12. The Hall–Kier alpha value is -1.84. The van der Waals surface area contributed by atoms with Gasteiger partial charge in [-0.25, -0.2) is 4.99 Å². The Morgan fingerprint density at radius 3 is 2.58 bits per heavy atom. The lowest BCUT2D eigenvalue weighted by Crippen LogP contribution is -2.38. The maximum Gasteiger partial charge on any atom is 0.248 e. The molecule has 0 bridgehead atoms. The van der Waals surface area contributed by atoms with Crippen molar-refractivity contribution in [2.24, 2.45) is 4.99 Å². The Morgan fingerprint density at radius 1 is 1.33 bits per heavy atom. The van der Waals surface area contributed by atoms with E-state index >= 15 is 0 Å². The molecular formula is C16H24IN5O2. The second kappa shape index (κ2) is 10.1. The van der Waals surface area contributed by atoms with Crippen molar-refractivity contribution in [2.75, 3.05) is 20.7 Å². The Kier molecular flexibility index (Phi) is 8.51. The molecule has 132 valence electrons. The molecular weight excluding hydrogens is 421 g/mol. The molecule has 0 fully saturated rings. The van der Waals surface area contributed by atoms with E-state index in [4.69, 9.17) is 9.26 Å². The van der Waals surface area contributed by atoms with Crippen molar-refractivity contribution in [3.63, 3.8) is 0 Å². The summed E-state index contributed by atoms with van der Waals surface area (Å²) in [6, 6.07) is 7.99. The van der Waals surface area contributed by atoms with E-state index < -0.39 is 0 Å². The molecule has 1 aromatic carbocycles. The molecule has 1 N–H and O–H groups in total. The number of guanidine groups is 1. The van der Waals surface area contributed by atoms with Crippen LogP contribution < -0.4 is 10.1 Å². The van der Waals surface area contributed by atoms with E-state index in [-0.39, 0.29) is 24.0 Å². The molecule has 0 amide bonds. The summed E-state index contributed by atoms with van der Waals surface area (Å²) in [5.41, 5.74) is 1.17. The van der Waals surface area contributed by atoms with E-state index in [0.717, 1.165) is 24.8 Å². The first-order valence-electron chi connectivity index (χ1n) is 7.54. The van der Waals surface area contributed by atoms with Gasteiger partial charge >= 0.3 is 0 Å². The Balaban J connectivity index is 0.00000288. The minimum atomic E-state index is 0. The number of aryl methyl sites for hydroxylation is 1. The summed E-state index contributed by atoms with van der Waals surface area (Å²) in [6.45, 7) is 5.70. The minimum Gasteiger partial charge on any atom is -0.497 e. The molecule has 8 heteroatoms. The summed E-state index contributed by atoms with van der Waals surface area (Å²) in [5, 5.41) is 7.03. The zero-order valence-electron chi connectivity index (χ0n) is 14.4. The smallest absolute Gasteiger partial charge is 0.248 e. The molecule has 2 rings (SSSR count). The van der Waals surface area contributed by atoms with Crippen molar-refractivity contribution in [1.29, 1.82) is 0 Å². The summed E-state index contributed by atoms with van der Waals surface area (Å²) in [6.07, 6.45) is 0. The van der Waals surface area contributed by atoms with Gasteiger partial charge in [-0.2, -0.15) is 4.98 Å². The predicted octanol–water partition coefficient (Wildman–Crippen LogP) is 2.60. The number of aliphatic imine (C=N–C) groups is 1. The van der Waals surface area contributed by atoms with Gasteiger partial charge in [0, 0.05) is 20.1 Å². The molecule has 2 aromatic rings. The molecule has 24 heavy (non-hydrogen) atoms. The molecule has 0 saturated carbocycles. The fraction of sp³-hybridized carbons (Fsp3) is 0.438. The van der Waals surface area contributed by atoms with E-state index in [0.29, 0.717) is 18.3 Å². The Morgan fingerprint density at radius 2 is 2.04 bits per heavy atom. The highest BCUT2D eigenvalue weighted by atomic mass is 127. The monoisotopic (exact) mass is 445 g/mol. The standard InChI is InChI=1S/C16H23N5O2.HI/c1-5-17-16(18-10-15-19-12(2)20-23-15)21(3)11-13-6-8-14(22-4)9-7-13;/h6-9H,5,10-11H2,1-4H3,(H,17,18);1H. The minimum absolute atomic E-state index is 0. The number of nitrogens with one attached hydrogen (secondary N) is 1. The van der Waals surface area contributed by atoms with Gasteiger partial charge in [-0.05, 0) is 31.5 Å². The van der Waals surface area contributed by atoms with Crippen LogP contribution in [0.25, 0.3) is 0 Å². The highest BCUT2D eigenvalue weighted by molar-refractivity contribution is 14.0. The lowest BCUT2D eigenvalue weighted by Gasteiger charge is -2.22. The molecule has 0 aliphatic heterocycles. The molecule has 0 spiro atoms. The molecule has 0 atom stereocenters. The lowest BCUT2D eigenvalue weighted by molar-refractivity contribution is 0.375. The average Bonchev–Trinajstić information content (AvgIpc) is 2.97. The van der Waals surface area contributed by atoms with Crippen molar-refractivity contribution in [3.05, 3.63) is 41.5 Å². The van der Waals surface area contributed by atoms with Gasteiger partial charge in [-0.15, -0.1) is 24.0 Å². The Bertz CT molecular complexity index is 642. The maximum atomic E-state index is 5.18. The second-order valence-electron chi connectivity index (χ2n) is 5.11. The summed E-state index contributed by atoms with van der Waals surface area (Å²) in [5.74, 6) is 2.77. The number of hydrogen-bond donors (Lipinski definition) is 1. The topological polar surface area (TPSA) is 75.8 Å². The van der Waals surface area contributed by atoms with Gasteiger partial charge in [0.25, 0.3) is 0 Å². The first-order valence-corrected chi connectivity index (χ1v) is 7.54. The van der Waals surface area contributed by atoms with Gasteiger partial charge in [0.15, 0.2) is 11.8 Å². The van der Waals surface area contributed by atoms with Crippen LogP contribution in [0.5, 0.6) is 5.75 Å². The van der Waals surface area contributed by atoms with E-state index in [1.807, 2.05) is 38.2 Å². The van der Waals surface area contributed by atoms with E-state index in [9.17, 15) is 0 Å². The summed E-state index contributed by atoms with van der Waals surface area (Å²) < 4.78 is 10.3. The van der Waals surface area contributed by atoms with Gasteiger partial charge in [-0.3, -0.25) is 0 Å². The number of methoxy groups -OCH3 is 1. The number of nitrogens with zero attached hydrogens (tertiary/aromatic N) is 4. The molecule has 0 unspecified atom stereocenters. The van der Waals surface area contributed by atoms with Crippen LogP contribution in [-0.4, -0.2) is 41.7 Å². The number of benzene rings is 1. The van der Waals surface area contributed by atoms with Crippen LogP contribution in [0.2, 0.25) is 0 Å². The first-order chi connectivity index (χ1) is 11.1. The van der Waals surface area contributed by atoms with Crippen LogP contribution in [0, 0.1) is 6.92 Å². The van der Waals surface area contributed by atoms with Crippen molar-refractivity contribution >= 4 is 29.9 Å². The average molecular weight is 445 g/mol. The van der Waals surface area contributed by atoms with E-state index in [1.54, 1.807) is 14.0 Å². The fourth-order valence-electron chi connectivity index (χ4n) is 2.10. The van der Waals surface area contributed by atoms with Crippen LogP contribution in [0.3, 0.4) is 0 Å². The van der Waals surface area contributed by atoms with Gasteiger partial charge in [0.1, 0.15) is 12.3 Å². The van der Waals surface area contributed by atoms with Gasteiger partial charge < -0.3 is 19.5 Å². The lowest BCUT2D eigenvalue weighted by atomic mass is 10.2. The molecule has 1 heterocycles. The van der Waals surface area contributed by atoms with Crippen LogP contribution in [0.4, 0.5) is 0 Å². The number of aromatic nitrogens is 2. The summed E-state index contributed by atoms with van der Waals surface area (Å²) >= 11 is 0. The van der Waals surface area contributed by atoms with Crippen molar-refractivity contribution in [1.82, 2.24) is 20.4 Å². The summed E-state index contributed by atoms with van der Waals surface area (Å²) in [7, 11) is 3.65. The van der Waals surface area contributed by atoms with Crippen LogP contribution in [0.1, 0.15) is 24.2 Å². The third-order valence-corrected chi connectivity index (χ3v) is 3.21. The molecule has 0 radical (unpaired) electrons. The molecule has 0 saturated heterocycles. The van der Waals surface area contributed by atoms with Crippen LogP contribution >= 0.6 is 24.0 Å². The third kappa shape index (κ3) is 5.99. The highest BCUT2D eigenvalue weighted by Gasteiger charge is 2.08. The number of ether oxygens (including phenoxy) is 1. The van der Waals surface area contributed by atoms with Crippen molar-refractivity contribution in [2.45, 2.75) is 26.9 Å². The van der Waals surface area contributed by atoms with Gasteiger partial charge in [-0.1, -0.05) is 17.3 Å². The van der Waals surface area contributed by atoms with E-state index in [1.165, 1.54) is 5.56 Å². The SMILES string of the molecule is CCNC(=NCc1nc(C)no1)N(C)Cc1ccc(OC)cc1.I. The zero-order chi connectivity index (χ0) is 16.7. The number of halogens is 1. The first kappa shape index (κ1) is 20.2. The maximum absolute atomic E-state index is 5.18. The van der Waals surface area contributed by atoms with Crippen LogP contribution in [-0.2, 0) is 13.1 Å². The largest absolute Gasteiger partial charge is 0.497 e. The van der Waals surface area contributed by atoms with E-state index in [2.05, 4.69) is 25.3 Å². The Labute approximate surface area is 159 Å². The fourth-order valence-corrected chi connectivity index (χ4v) is 2.10. The number of rotatable bonds is 6. The normalized spacial score (nSPS) is 10.9. The van der Waals surface area contributed by atoms with Crippen molar-refractivity contribution in [3.8, 4) is 5.75 Å². The zero-order valence-corrected chi connectivity index (χ0v) is 16.8. The van der Waals surface area contributed by atoms with Gasteiger partial charge in [0.05, 0.1) is 7.11 Å². The predicted molar refractivity (Wildman–Crippen MR) is 104 cm³/mol. The van der Waals surface area contributed by atoms with Crippen LogP contribution in [0.15, 0.2) is 33.8 Å². The van der Waals surface area contributed by atoms with Gasteiger partial charge in [0.2, 0.25) is 5.89 Å². The molecule has 1 aromatic heterocycles. The molecule has 0 aliphatic carbocycles. The third-order valence-electron chi connectivity index (χ3n) is 3.21. The molecule has 0 aliphatic rings. The second-order valence-corrected chi connectivity index (χ2v) is 5.11. The quantitative estimate of drug-likeness (QED) is 0.419. The number of hydrogen-bond acceptors (Lipinski definition) is 5. The van der Waals surface area contributed by atoms with Crippen molar-refractivity contribution < 1.29 is 9.26 Å². The summed E-state index contributed by atoms with van der Waals surface area (Å²) in [4.78, 5) is 10.7. The molecule has 7 nitrogen and oxygen atoms in total.